The lowest BCUT2D eigenvalue weighted by Gasteiger charge is -2.65. The van der Waals surface area contributed by atoms with Crippen LogP contribution in [0.4, 0.5) is 0 Å². The fraction of sp³-hybridized carbons (Fsp3) is 0.765. The molecule has 0 aliphatic carbocycles. The summed E-state index contributed by atoms with van der Waals surface area (Å²) in [5, 5.41) is 376. The quantitative estimate of drug-likeness (QED) is 0.0199. The first-order chi connectivity index (χ1) is 54.6. The van der Waals surface area contributed by atoms with Gasteiger partial charge in [-0.1, -0.05) is 65.2 Å². The topological polar surface area (TPSA) is 930 Å². The van der Waals surface area contributed by atoms with Crippen molar-refractivity contribution < 1.29 is 245 Å². The lowest BCUT2D eigenvalue weighted by Crippen LogP contribution is -2.91. The molecule has 0 heterocycles. The van der Waals surface area contributed by atoms with Crippen molar-refractivity contribution in [2.45, 2.75) is 187 Å². The fourth-order valence-electron chi connectivity index (χ4n) is 15.1. The van der Waals surface area contributed by atoms with E-state index in [1.54, 1.807) is 0 Å². The average Bonchev–Trinajstić information content (AvgIpc) is 0.636. The van der Waals surface area contributed by atoms with Gasteiger partial charge in [0, 0.05) is 0 Å². The first-order valence-electron chi connectivity index (χ1n) is 35.6. The highest BCUT2D eigenvalue weighted by atomic mass is 16.6. The zero-order valence-corrected chi connectivity index (χ0v) is 62.9. The third-order valence-electron chi connectivity index (χ3n) is 20.2. The van der Waals surface area contributed by atoms with Crippen LogP contribution in [0.1, 0.15) is 78.1 Å². The fourth-order valence-corrected chi connectivity index (χ4v) is 15.1. The molecule has 0 saturated carbocycles. The minimum Gasteiger partial charge on any atom is -0.393 e. The Morgan fingerprint density at radius 1 is 0.188 bits per heavy atom. The Hall–Kier alpha value is -6.60. The zero-order valence-electron chi connectivity index (χ0n) is 62.9. The molecular weight excluding hydrogens is 1600 g/mol. The highest BCUT2D eigenvalue weighted by molar-refractivity contribution is 6.39. The van der Waals surface area contributed by atoms with E-state index in [0.717, 1.165) is 0 Å². The van der Waals surface area contributed by atoms with Gasteiger partial charge in [-0.05, 0) is 12.8 Å². The molecule has 0 aromatic rings. The molecule has 0 aromatic heterocycles. The predicted molar refractivity (Wildman–Crippen MR) is 368 cm³/mol. The van der Waals surface area contributed by atoms with Crippen LogP contribution < -0.4 is 0 Å². The van der Waals surface area contributed by atoms with Gasteiger partial charge in [-0.25, -0.2) is 0 Å². The van der Waals surface area contributed by atoms with Crippen LogP contribution in [0.15, 0.2) is 0 Å². The van der Waals surface area contributed by atoms with Crippen molar-refractivity contribution >= 4 is 92.5 Å². The SMILES string of the molecule is CCCCCCC(C(=O)C(O)CO)(C(=O)C(O)CO)C(C(=O)C(O)CO)(C(=O)C(O)CO)C(C(=O)C(O)CO)(C(=O)C(O)CO)C(OC(C(=O)C(O)CO)(C(=O)C(O)CO)C(C(=O)C(O)CO)(C(=O)C(O)CO)C(C(=O)C(O)CO)(C(=O)C(O)CO)C(CCCCCC)(C(=O)C(O)CO)C(=O)C(O)CO)(C(=O)C(O)CO)C(=O)C(O)CO. The number of ketones is 16. The van der Waals surface area contributed by atoms with Gasteiger partial charge in [0.15, 0.2) is 80.2 Å². The number of Topliss-reactive ketones (excluding diaryl/α,β-unsaturated/α-hetero) is 16. The Balaban J connectivity index is 16.1. The van der Waals surface area contributed by atoms with Crippen LogP contribution in [0.3, 0.4) is 0 Å². The summed E-state index contributed by atoms with van der Waals surface area (Å²) in [6.07, 6.45) is -85.1. The van der Waals surface area contributed by atoms with Crippen molar-refractivity contribution in [2.24, 2.45) is 32.5 Å². The second-order valence-electron chi connectivity index (χ2n) is 26.9. The van der Waals surface area contributed by atoms with Gasteiger partial charge < -0.3 is 168 Å². The van der Waals surface area contributed by atoms with Gasteiger partial charge in [-0.2, -0.15) is 0 Å². The number of aliphatic hydroxyl groups excluding tert-OH is 32. The number of aliphatic hydroxyl groups is 32. The van der Waals surface area contributed by atoms with Gasteiger partial charge in [0.2, 0.25) is 34.3 Å². The largest absolute Gasteiger partial charge is 0.393 e. The van der Waals surface area contributed by atoms with Gasteiger partial charge in [0.25, 0.3) is 0 Å². The summed E-state index contributed by atoms with van der Waals surface area (Å²) >= 11 is 0. The van der Waals surface area contributed by atoms with Gasteiger partial charge in [-0.15, -0.1) is 0 Å². The Morgan fingerprint density at radius 3 is 0.453 bits per heavy atom. The molecule has 0 aliphatic heterocycles. The smallest absolute Gasteiger partial charge is 0.212 e. The number of carbonyl (C=O) groups is 16. The van der Waals surface area contributed by atoms with E-state index in [0.29, 0.717) is 0 Å². The Kier molecular flexibility index (Phi) is 44.9. The highest BCUT2D eigenvalue weighted by Crippen LogP contribution is 2.71. The Morgan fingerprint density at radius 2 is 0.316 bits per heavy atom. The van der Waals surface area contributed by atoms with Gasteiger partial charge in [0.1, 0.15) is 119 Å². The van der Waals surface area contributed by atoms with Crippen molar-refractivity contribution in [3.8, 4) is 0 Å². The summed E-state index contributed by atoms with van der Waals surface area (Å²) in [7, 11) is 0. The van der Waals surface area contributed by atoms with Crippen molar-refractivity contribution in [1.82, 2.24) is 0 Å². The van der Waals surface area contributed by atoms with Crippen molar-refractivity contribution in [2.75, 3.05) is 106 Å². The lowest BCUT2D eigenvalue weighted by atomic mass is 9.34. The summed E-state index contributed by atoms with van der Waals surface area (Å²) in [5.41, 5.74) is -56.4. The highest BCUT2D eigenvalue weighted by Gasteiger charge is 2.95. The number of rotatable bonds is 66. The maximum absolute atomic E-state index is 17.6. The summed E-state index contributed by atoms with van der Waals surface area (Å²) in [5.74, 6) is -63.7. The number of unbranched alkanes of at least 4 members (excludes halogenated alkanes) is 6. The molecule has 0 amide bonds. The summed E-state index contributed by atoms with van der Waals surface area (Å²) < 4.78 is 5.95. The summed E-state index contributed by atoms with van der Waals surface area (Å²) in [4.78, 5) is 276. The minimum absolute atomic E-state index is 0.252. The van der Waals surface area contributed by atoms with E-state index in [9.17, 15) is 163 Å². The number of ether oxygens (including phenoxy) is 1. The van der Waals surface area contributed by atoms with Crippen LogP contribution in [0.25, 0.3) is 0 Å². The number of carbonyl (C=O) groups excluding carboxylic acids is 16. The monoisotopic (exact) mass is 1710 g/mol. The van der Waals surface area contributed by atoms with Crippen molar-refractivity contribution in [3.63, 3.8) is 0 Å². The first kappa shape index (κ1) is 110. The standard InChI is InChI=1S/C68H106O49/c1-3-5-7-9-11-61(45(101)29(85)13-69,46(102)30(86)14-70)63(49(105)33(89)17-73,50(106)34(90)18-74)65(53(109)37(93)21-77,54(110)38(94)22-78)67(57(113)41(97)25-81,58(114)42(98)26-82)117-68(59(115)43(99)27-83,60(116)44(100)28-84)66(55(111)39(95)23-79,56(112)40(96)24-80)64(51(107)35(91)19-75,52(108)36(92)20-76)62(12-10-8-6-4-2,47(103)31(87)15-71)48(104)32(88)16-72/h29-44,69-100H,3-28H2,1-2H3. The Bertz CT molecular complexity index is 3050. The minimum atomic E-state index is -7.72. The maximum Gasteiger partial charge on any atom is 0.212 e. The number of hydrogen-bond acceptors (Lipinski definition) is 49. The van der Waals surface area contributed by atoms with Crippen molar-refractivity contribution in [3.05, 3.63) is 0 Å². The molecule has 0 radical (unpaired) electrons. The molecule has 0 spiro atoms. The van der Waals surface area contributed by atoms with E-state index >= 15 is 76.7 Å². The molecule has 672 valence electrons. The lowest BCUT2D eigenvalue weighted by molar-refractivity contribution is -0.268. The molecule has 0 rings (SSSR count). The third kappa shape index (κ3) is 18.8. The molecule has 0 fully saturated rings. The predicted octanol–water partition coefficient (Wildman–Crippen LogP) is -20.9. The normalized spacial score (nSPS) is 20.3. The first-order valence-corrected chi connectivity index (χ1v) is 35.6. The van der Waals surface area contributed by atoms with E-state index < -0.39 is 391 Å². The molecule has 0 aliphatic rings. The van der Waals surface area contributed by atoms with Crippen LogP contribution in [0.2, 0.25) is 0 Å². The van der Waals surface area contributed by atoms with E-state index in [4.69, 9.17) is 4.74 Å². The van der Waals surface area contributed by atoms with Crippen molar-refractivity contribution in [1.29, 1.82) is 0 Å². The van der Waals surface area contributed by atoms with Crippen LogP contribution in [-0.2, 0) is 81.4 Å². The molecule has 0 aromatic carbocycles. The van der Waals surface area contributed by atoms with Crippen LogP contribution in [0.5, 0.6) is 0 Å². The molecule has 117 heavy (non-hydrogen) atoms. The van der Waals surface area contributed by atoms with Crippen LogP contribution >= 0.6 is 0 Å². The molecule has 32 N–H and O–H groups in total. The van der Waals surface area contributed by atoms with E-state index in [1.165, 1.54) is 13.8 Å². The van der Waals surface area contributed by atoms with Gasteiger partial charge in [0.05, 0.1) is 106 Å². The van der Waals surface area contributed by atoms with Crippen LogP contribution in [0, 0.1) is 32.5 Å². The summed E-state index contributed by atoms with van der Waals surface area (Å²) in [6.45, 7) is -43.7. The van der Waals surface area contributed by atoms with E-state index in [-0.39, 0.29) is 12.8 Å². The van der Waals surface area contributed by atoms with E-state index in [2.05, 4.69) is 0 Å². The average molecular weight is 1710 g/mol. The molecule has 16 unspecified atom stereocenters. The molecule has 49 heteroatoms. The maximum atomic E-state index is 17.6. The summed E-state index contributed by atoms with van der Waals surface area (Å²) in [6, 6.07) is 0. The van der Waals surface area contributed by atoms with Gasteiger partial charge in [-0.3, -0.25) is 76.7 Å². The van der Waals surface area contributed by atoms with Crippen LogP contribution in [-0.4, -0.2) is 471 Å². The molecular formula is C68H106O49. The molecule has 0 bridgehead atoms. The van der Waals surface area contributed by atoms with Gasteiger partial charge >= 0.3 is 0 Å². The second kappa shape index (κ2) is 47.6. The Labute approximate surface area is 660 Å². The third-order valence-corrected chi connectivity index (χ3v) is 20.2. The molecule has 49 nitrogen and oxygen atoms in total. The zero-order chi connectivity index (χ0) is 91.6. The number of hydrogen-bond donors (Lipinski definition) is 32. The molecule has 0 saturated heterocycles. The second-order valence-corrected chi connectivity index (χ2v) is 26.9. The van der Waals surface area contributed by atoms with E-state index in [1.807, 2.05) is 0 Å². The molecule has 16 atom stereocenters.